The Balaban J connectivity index is 2.20. The van der Waals surface area contributed by atoms with Gasteiger partial charge in [0.1, 0.15) is 0 Å². The second kappa shape index (κ2) is 6.87. The highest BCUT2D eigenvalue weighted by Gasteiger charge is 2.30. The fraction of sp³-hybridized carbons (Fsp3) is 0.667. The van der Waals surface area contributed by atoms with Gasteiger partial charge in [-0.2, -0.15) is 0 Å². The number of carboxylic acids is 1. The Morgan fingerprint density at radius 3 is 2.83 bits per heavy atom. The number of carbonyl (C=O) groups excluding carboxylic acids is 1. The molecule has 0 saturated carbocycles. The van der Waals surface area contributed by atoms with Crippen molar-refractivity contribution in [3.05, 3.63) is 0 Å². The molecule has 18 heavy (non-hydrogen) atoms. The first-order chi connectivity index (χ1) is 8.52. The summed E-state index contributed by atoms with van der Waals surface area (Å²) in [5, 5.41) is 14.1. The van der Waals surface area contributed by atoms with Crippen molar-refractivity contribution >= 4 is 12.0 Å². The summed E-state index contributed by atoms with van der Waals surface area (Å²) < 4.78 is 5.25. The van der Waals surface area contributed by atoms with E-state index in [9.17, 15) is 9.59 Å². The molecular weight excluding hydrogens is 236 g/mol. The summed E-state index contributed by atoms with van der Waals surface area (Å²) in [7, 11) is 0. The minimum absolute atomic E-state index is 0.0914. The predicted molar refractivity (Wildman–Crippen MR) is 65.0 cm³/mol. The van der Waals surface area contributed by atoms with Gasteiger partial charge in [-0.25, -0.2) is 9.59 Å². The van der Waals surface area contributed by atoms with Crippen LogP contribution in [0.15, 0.2) is 0 Å². The Hall–Kier alpha value is -1.74. The van der Waals surface area contributed by atoms with Crippen molar-refractivity contribution in [1.82, 2.24) is 10.6 Å². The number of hydrogen-bond acceptors (Lipinski definition) is 3. The predicted octanol–water partition coefficient (Wildman–Crippen LogP) is 0.330. The van der Waals surface area contributed by atoms with Gasteiger partial charge in [-0.05, 0) is 19.8 Å². The highest BCUT2D eigenvalue weighted by molar-refractivity contribution is 5.74. The highest BCUT2D eigenvalue weighted by atomic mass is 16.5. The van der Waals surface area contributed by atoms with Crippen molar-refractivity contribution in [2.75, 3.05) is 6.54 Å². The zero-order valence-corrected chi connectivity index (χ0v) is 10.3. The molecule has 1 heterocycles. The van der Waals surface area contributed by atoms with E-state index in [0.29, 0.717) is 25.8 Å². The van der Waals surface area contributed by atoms with Crippen LogP contribution in [0.4, 0.5) is 4.79 Å². The Morgan fingerprint density at radius 1 is 1.56 bits per heavy atom. The van der Waals surface area contributed by atoms with Gasteiger partial charge in [-0.1, -0.05) is 0 Å². The molecule has 3 unspecified atom stereocenters. The van der Waals surface area contributed by atoms with Crippen LogP contribution in [0.2, 0.25) is 0 Å². The van der Waals surface area contributed by atoms with Crippen LogP contribution in [0.3, 0.4) is 0 Å². The number of terminal acetylenes is 1. The molecule has 6 heteroatoms. The molecule has 3 N–H and O–H groups in total. The van der Waals surface area contributed by atoms with Gasteiger partial charge in [-0.3, -0.25) is 0 Å². The van der Waals surface area contributed by atoms with Gasteiger partial charge < -0.3 is 20.5 Å². The number of nitrogens with one attached hydrogen (secondary N) is 2. The van der Waals surface area contributed by atoms with Crippen molar-refractivity contribution in [2.24, 2.45) is 0 Å². The number of hydrogen-bond donors (Lipinski definition) is 3. The number of carboxylic acid groups (broad SMARTS) is 1. The summed E-state index contributed by atoms with van der Waals surface area (Å²) in [6.45, 7) is 2.12. The summed E-state index contributed by atoms with van der Waals surface area (Å²) in [6, 6.07) is -0.411. The number of rotatable bonds is 5. The second-order valence-electron chi connectivity index (χ2n) is 4.33. The zero-order chi connectivity index (χ0) is 13.5. The number of amides is 2. The molecule has 1 fully saturated rings. The molecule has 0 aromatic heterocycles. The lowest BCUT2D eigenvalue weighted by Crippen LogP contribution is -2.43. The van der Waals surface area contributed by atoms with Crippen LogP contribution in [-0.4, -0.2) is 41.9 Å². The lowest BCUT2D eigenvalue weighted by Gasteiger charge is -2.15. The third-order valence-corrected chi connectivity index (χ3v) is 2.67. The average Bonchev–Trinajstić information content (AvgIpc) is 2.75. The first kappa shape index (κ1) is 14.3. The van der Waals surface area contributed by atoms with E-state index in [1.165, 1.54) is 0 Å². The maximum Gasteiger partial charge on any atom is 0.332 e. The molecule has 0 spiro atoms. The van der Waals surface area contributed by atoms with E-state index < -0.39 is 12.1 Å². The molecule has 0 aromatic rings. The first-order valence-electron chi connectivity index (χ1n) is 5.89. The third kappa shape index (κ3) is 4.63. The van der Waals surface area contributed by atoms with Crippen LogP contribution in [-0.2, 0) is 9.53 Å². The highest BCUT2D eigenvalue weighted by Crippen LogP contribution is 2.19. The van der Waals surface area contributed by atoms with Gasteiger partial charge in [0.15, 0.2) is 6.10 Å². The fourth-order valence-electron chi connectivity index (χ4n) is 1.75. The van der Waals surface area contributed by atoms with Gasteiger partial charge in [-0.15, -0.1) is 12.3 Å². The van der Waals surface area contributed by atoms with E-state index >= 15 is 0 Å². The number of ether oxygens (including phenoxy) is 1. The smallest absolute Gasteiger partial charge is 0.332 e. The van der Waals surface area contributed by atoms with Gasteiger partial charge in [0.2, 0.25) is 0 Å². The van der Waals surface area contributed by atoms with Gasteiger partial charge in [0.25, 0.3) is 0 Å². The quantitative estimate of drug-likeness (QED) is 0.617. The number of aliphatic carboxylic acids is 1. The summed E-state index contributed by atoms with van der Waals surface area (Å²) in [4.78, 5) is 22.1. The molecule has 0 bridgehead atoms. The van der Waals surface area contributed by atoms with Gasteiger partial charge in [0.05, 0.1) is 6.10 Å². The monoisotopic (exact) mass is 254 g/mol. The summed E-state index contributed by atoms with van der Waals surface area (Å²) in [5.74, 6) is 1.50. The maximum absolute atomic E-state index is 11.4. The van der Waals surface area contributed by atoms with Crippen molar-refractivity contribution < 1.29 is 19.4 Å². The number of carbonyl (C=O) groups is 2. The van der Waals surface area contributed by atoms with Crippen molar-refractivity contribution in [2.45, 2.75) is 44.4 Å². The Morgan fingerprint density at radius 2 is 2.28 bits per heavy atom. The Kier molecular flexibility index (Phi) is 5.46. The first-order valence-corrected chi connectivity index (χ1v) is 5.89. The van der Waals surface area contributed by atoms with Gasteiger partial charge >= 0.3 is 12.0 Å². The summed E-state index contributed by atoms with van der Waals surface area (Å²) in [6.07, 6.45) is 5.72. The van der Waals surface area contributed by atoms with Crippen molar-refractivity contribution in [1.29, 1.82) is 0 Å². The van der Waals surface area contributed by atoms with E-state index in [0.717, 1.165) is 0 Å². The molecule has 2 amide bonds. The Bertz CT molecular complexity index is 350. The lowest BCUT2D eigenvalue weighted by atomic mass is 10.2. The molecule has 1 aliphatic rings. The average molecular weight is 254 g/mol. The van der Waals surface area contributed by atoms with E-state index in [4.69, 9.17) is 16.3 Å². The van der Waals surface area contributed by atoms with E-state index in [2.05, 4.69) is 16.6 Å². The standard InChI is InChI=1S/C12H18N2O4/c1-3-4-8(2)14-12(17)13-7-9-5-6-10(18-9)11(15)16/h1,8-10H,4-7H2,2H3,(H,15,16)(H2,13,14,17). The largest absolute Gasteiger partial charge is 0.479 e. The SMILES string of the molecule is C#CCC(C)NC(=O)NCC1CCC(C(=O)O)O1. The van der Waals surface area contributed by atoms with Crippen LogP contribution in [0.1, 0.15) is 26.2 Å². The topological polar surface area (TPSA) is 87.7 Å². The number of urea groups is 1. The van der Waals surface area contributed by atoms with Crippen LogP contribution < -0.4 is 10.6 Å². The van der Waals surface area contributed by atoms with Crippen LogP contribution in [0.5, 0.6) is 0 Å². The molecule has 1 rings (SSSR count). The molecule has 1 aliphatic heterocycles. The molecule has 3 atom stereocenters. The second-order valence-corrected chi connectivity index (χ2v) is 4.33. The molecule has 100 valence electrons. The normalized spacial score (nSPS) is 24.0. The summed E-state index contributed by atoms with van der Waals surface area (Å²) in [5.41, 5.74) is 0. The van der Waals surface area contributed by atoms with Gasteiger partial charge in [0, 0.05) is 19.0 Å². The minimum atomic E-state index is -0.954. The third-order valence-electron chi connectivity index (χ3n) is 2.67. The fourth-order valence-corrected chi connectivity index (χ4v) is 1.75. The minimum Gasteiger partial charge on any atom is -0.479 e. The summed E-state index contributed by atoms with van der Waals surface area (Å²) >= 11 is 0. The van der Waals surface area contributed by atoms with Crippen LogP contribution >= 0.6 is 0 Å². The van der Waals surface area contributed by atoms with E-state index in [1.807, 2.05) is 6.92 Å². The lowest BCUT2D eigenvalue weighted by molar-refractivity contribution is -0.149. The molecule has 0 radical (unpaired) electrons. The van der Waals surface area contributed by atoms with Crippen molar-refractivity contribution in [3.8, 4) is 12.3 Å². The molecule has 6 nitrogen and oxygen atoms in total. The maximum atomic E-state index is 11.4. The van der Waals surface area contributed by atoms with E-state index in [1.54, 1.807) is 0 Å². The molecule has 0 aromatic carbocycles. The zero-order valence-electron chi connectivity index (χ0n) is 10.3. The molecule has 0 aliphatic carbocycles. The van der Waals surface area contributed by atoms with Crippen molar-refractivity contribution in [3.63, 3.8) is 0 Å². The van der Waals surface area contributed by atoms with Crippen LogP contribution in [0, 0.1) is 12.3 Å². The molecular formula is C12H18N2O4. The molecule has 1 saturated heterocycles. The Labute approximate surface area is 106 Å². The van der Waals surface area contributed by atoms with E-state index in [-0.39, 0.29) is 18.2 Å². The van der Waals surface area contributed by atoms with Crippen LogP contribution in [0.25, 0.3) is 0 Å².